The van der Waals surface area contributed by atoms with Crippen LogP contribution in [0.5, 0.6) is 5.75 Å². The largest absolute Gasteiger partial charge is 0.494 e. The van der Waals surface area contributed by atoms with Gasteiger partial charge in [-0.3, -0.25) is 9.69 Å². The Morgan fingerprint density at radius 1 is 1.26 bits per heavy atom. The van der Waals surface area contributed by atoms with E-state index in [1.165, 1.54) is 11.8 Å². The lowest BCUT2D eigenvalue weighted by atomic mass is 10.0. The Bertz CT molecular complexity index is 812. The van der Waals surface area contributed by atoms with Crippen LogP contribution in [0.3, 0.4) is 0 Å². The lowest BCUT2D eigenvalue weighted by Gasteiger charge is -2.30. The second-order valence-corrected chi connectivity index (χ2v) is 8.44. The Hall–Kier alpha value is -2.38. The first kappa shape index (κ1) is 23.3. The Kier molecular flexibility index (Phi) is 8.49. The SMILES string of the molecule is CCOc1ccc(CN(Cc2nc(C(=O)NC[C@@H]3CCCO3)co2)[C@@H](C)C(C)C)cc1. The molecule has 0 spiro atoms. The molecule has 0 bridgehead atoms. The highest BCUT2D eigenvalue weighted by Gasteiger charge is 2.22. The lowest BCUT2D eigenvalue weighted by Crippen LogP contribution is -2.36. The molecule has 7 nitrogen and oxygen atoms in total. The lowest BCUT2D eigenvalue weighted by molar-refractivity contribution is 0.0853. The van der Waals surface area contributed by atoms with Crippen LogP contribution in [0.25, 0.3) is 0 Å². The standard InChI is InChI=1S/C24H35N3O4/c1-5-29-20-10-8-19(9-11-20)14-27(18(4)17(2)3)15-23-26-22(16-31-23)24(28)25-13-21-7-6-12-30-21/h8-11,16-18,21H,5-7,12-15H2,1-4H3,(H,25,28)/t18-,21-/m0/s1. The summed E-state index contributed by atoms with van der Waals surface area (Å²) in [6, 6.07) is 8.49. The van der Waals surface area contributed by atoms with Crippen molar-refractivity contribution in [3.8, 4) is 5.75 Å². The van der Waals surface area contributed by atoms with E-state index in [4.69, 9.17) is 13.9 Å². The highest BCUT2D eigenvalue weighted by atomic mass is 16.5. The third kappa shape index (κ3) is 6.80. The summed E-state index contributed by atoms with van der Waals surface area (Å²) in [5.41, 5.74) is 1.50. The van der Waals surface area contributed by atoms with E-state index in [0.29, 0.717) is 43.2 Å². The fourth-order valence-electron chi connectivity index (χ4n) is 3.62. The van der Waals surface area contributed by atoms with Crippen LogP contribution in [-0.2, 0) is 17.8 Å². The number of benzene rings is 1. The van der Waals surface area contributed by atoms with Crippen LogP contribution < -0.4 is 10.1 Å². The van der Waals surface area contributed by atoms with Gasteiger partial charge in [-0.05, 0) is 50.3 Å². The van der Waals surface area contributed by atoms with Crippen LogP contribution in [0.4, 0.5) is 0 Å². The number of hydrogen-bond donors (Lipinski definition) is 1. The Morgan fingerprint density at radius 2 is 2.03 bits per heavy atom. The number of rotatable bonds is 11. The van der Waals surface area contributed by atoms with Crippen LogP contribution in [0.2, 0.25) is 0 Å². The number of carbonyl (C=O) groups is 1. The molecule has 0 saturated carbocycles. The number of ether oxygens (including phenoxy) is 2. The van der Waals surface area contributed by atoms with Crippen LogP contribution in [0, 0.1) is 5.92 Å². The van der Waals surface area contributed by atoms with E-state index in [1.807, 2.05) is 19.1 Å². The van der Waals surface area contributed by atoms with Gasteiger partial charge in [0, 0.05) is 25.7 Å². The van der Waals surface area contributed by atoms with Crippen molar-refractivity contribution >= 4 is 5.91 Å². The predicted octanol–water partition coefficient (Wildman–Crippen LogP) is 4.03. The summed E-state index contributed by atoms with van der Waals surface area (Å²) in [6.45, 7) is 11.8. The Balaban J connectivity index is 1.62. The minimum atomic E-state index is -0.222. The molecule has 31 heavy (non-hydrogen) atoms. The molecule has 1 fully saturated rings. The zero-order chi connectivity index (χ0) is 22.2. The summed E-state index contributed by atoms with van der Waals surface area (Å²) in [4.78, 5) is 19.2. The number of nitrogens with zero attached hydrogens (tertiary/aromatic N) is 2. The number of carbonyl (C=O) groups excluding carboxylic acids is 1. The quantitative estimate of drug-likeness (QED) is 0.581. The van der Waals surface area contributed by atoms with Gasteiger partial charge >= 0.3 is 0 Å². The number of oxazole rings is 1. The van der Waals surface area contributed by atoms with Crippen molar-refractivity contribution < 1.29 is 18.7 Å². The highest BCUT2D eigenvalue weighted by Crippen LogP contribution is 2.20. The number of hydrogen-bond acceptors (Lipinski definition) is 6. The first-order valence-electron chi connectivity index (χ1n) is 11.3. The maximum Gasteiger partial charge on any atom is 0.273 e. The van der Waals surface area contributed by atoms with E-state index in [1.54, 1.807) is 0 Å². The monoisotopic (exact) mass is 429 g/mol. The second kappa shape index (κ2) is 11.3. The van der Waals surface area contributed by atoms with Crippen molar-refractivity contribution in [3.05, 3.63) is 47.7 Å². The van der Waals surface area contributed by atoms with E-state index >= 15 is 0 Å². The first-order chi connectivity index (χ1) is 15.0. The van der Waals surface area contributed by atoms with Gasteiger partial charge in [-0.1, -0.05) is 26.0 Å². The number of nitrogens with one attached hydrogen (secondary N) is 1. The maximum atomic E-state index is 12.4. The van der Waals surface area contributed by atoms with Crippen molar-refractivity contribution in [1.82, 2.24) is 15.2 Å². The van der Waals surface area contributed by atoms with E-state index < -0.39 is 0 Å². The van der Waals surface area contributed by atoms with Gasteiger partial charge < -0.3 is 19.2 Å². The summed E-state index contributed by atoms with van der Waals surface area (Å²) in [5, 5.41) is 2.89. The van der Waals surface area contributed by atoms with E-state index in [9.17, 15) is 4.79 Å². The van der Waals surface area contributed by atoms with Gasteiger partial charge in [0.25, 0.3) is 5.91 Å². The zero-order valence-corrected chi connectivity index (χ0v) is 19.1. The van der Waals surface area contributed by atoms with Gasteiger partial charge in [0.05, 0.1) is 19.3 Å². The third-order valence-corrected chi connectivity index (χ3v) is 5.80. The number of amides is 1. The maximum absolute atomic E-state index is 12.4. The van der Waals surface area contributed by atoms with Crippen molar-refractivity contribution in [2.24, 2.45) is 5.92 Å². The summed E-state index contributed by atoms with van der Waals surface area (Å²) < 4.78 is 16.7. The number of aromatic nitrogens is 1. The van der Waals surface area contributed by atoms with E-state index in [-0.39, 0.29) is 12.0 Å². The summed E-state index contributed by atoms with van der Waals surface area (Å²) >= 11 is 0. The molecular formula is C24H35N3O4. The van der Waals surface area contributed by atoms with Gasteiger partial charge in [0.2, 0.25) is 5.89 Å². The zero-order valence-electron chi connectivity index (χ0n) is 19.1. The third-order valence-electron chi connectivity index (χ3n) is 5.80. The van der Waals surface area contributed by atoms with E-state index in [0.717, 1.165) is 31.7 Å². The average Bonchev–Trinajstić information content (AvgIpc) is 3.44. The fourth-order valence-corrected chi connectivity index (χ4v) is 3.62. The summed E-state index contributed by atoms with van der Waals surface area (Å²) in [5.74, 6) is 1.66. The van der Waals surface area contributed by atoms with Gasteiger partial charge in [-0.2, -0.15) is 0 Å². The molecular weight excluding hydrogens is 394 g/mol. The molecule has 0 unspecified atom stereocenters. The Labute approximate surface area is 185 Å². The molecule has 3 rings (SSSR count). The predicted molar refractivity (Wildman–Crippen MR) is 119 cm³/mol. The van der Waals surface area contributed by atoms with Gasteiger partial charge in [-0.25, -0.2) is 4.98 Å². The van der Waals surface area contributed by atoms with Gasteiger partial charge in [-0.15, -0.1) is 0 Å². The van der Waals surface area contributed by atoms with Gasteiger partial charge in [0.1, 0.15) is 12.0 Å². The normalized spacial score (nSPS) is 17.3. The molecule has 0 aliphatic carbocycles. The van der Waals surface area contributed by atoms with Crippen LogP contribution in [0.1, 0.15) is 62.5 Å². The van der Waals surface area contributed by atoms with Crippen LogP contribution in [-0.4, -0.2) is 47.7 Å². The van der Waals surface area contributed by atoms with Crippen molar-refractivity contribution in [2.75, 3.05) is 19.8 Å². The second-order valence-electron chi connectivity index (χ2n) is 8.44. The van der Waals surface area contributed by atoms with Crippen molar-refractivity contribution in [3.63, 3.8) is 0 Å². The average molecular weight is 430 g/mol. The smallest absolute Gasteiger partial charge is 0.273 e. The van der Waals surface area contributed by atoms with Crippen molar-refractivity contribution in [2.45, 2.75) is 65.8 Å². The summed E-state index contributed by atoms with van der Waals surface area (Å²) in [6.07, 6.45) is 3.58. The molecule has 1 N–H and O–H groups in total. The molecule has 1 aliphatic rings. The molecule has 1 saturated heterocycles. The molecule has 2 aromatic rings. The molecule has 2 atom stereocenters. The summed E-state index contributed by atoms with van der Waals surface area (Å²) in [7, 11) is 0. The highest BCUT2D eigenvalue weighted by molar-refractivity contribution is 5.91. The fraction of sp³-hybridized carbons (Fsp3) is 0.583. The Morgan fingerprint density at radius 3 is 2.68 bits per heavy atom. The molecule has 2 heterocycles. The molecule has 1 aromatic carbocycles. The first-order valence-corrected chi connectivity index (χ1v) is 11.3. The molecule has 170 valence electrons. The minimum Gasteiger partial charge on any atom is -0.494 e. The molecule has 1 aromatic heterocycles. The molecule has 0 radical (unpaired) electrons. The molecule has 1 amide bonds. The van der Waals surface area contributed by atoms with E-state index in [2.05, 4.69) is 48.1 Å². The topological polar surface area (TPSA) is 76.8 Å². The van der Waals surface area contributed by atoms with Crippen LogP contribution in [0.15, 0.2) is 34.9 Å². The minimum absolute atomic E-state index is 0.104. The van der Waals surface area contributed by atoms with Crippen molar-refractivity contribution in [1.29, 1.82) is 0 Å². The van der Waals surface area contributed by atoms with Crippen LogP contribution >= 0.6 is 0 Å². The molecule has 7 heteroatoms. The van der Waals surface area contributed by atoms with Gasteiger partial charge in [0.15, 0.2) is 5.69 Å². The molecule has 1 aliphatic heterocycles.